The molecule has 1 aliphatic heterocycles. The Morgan fingerprint density at radius 1 is 1.07 bits per heavy atom. The zero-order valence-electron chi connectivity index (χ0n) is 16.5. The molecule has 0 saturated carbocycles. The van der Waals surface area contributed by atoms with E-state index in [0.717, 1.165) is 56.9 Å². The van der Waals surface area contributed by atoms with Crippen molar-refractivity contribution >= 4 is 11.6 Å². The highest BCUT2D eigenvalue weighted by molar-refractivity contribution is 6.32. The van der Waals surface area contributed by atoms with E-state index >= 15 is 0 Å². The molecule has 0 spiro atoms. The Bertz CT molecular complexity index is 721. The van der Waals surface area contributed by atoms with Crippen LogP contribution in [0, 0.1) is 0 Å². The van der Waals surface area contributed by atoms with Gasteiger partial charge >= 0.3 is 0 Å². The lowest BCUT2D eigenvalue weighted by Crippen LogP contribution is -2.45. The van der Waals surface area contributed by atoms with Crippen molar-refractivity contribution < 1.29 is 9.47 Å². The largest absolute Gasteiger partial charge is 0.490 e. The molecular formula is C22H30ClN3O2. The summed E-state index contributed by atoms with van der Waals surface area (Å²) in [5.74, 6) is 1.31. The van der Waals surface area contributed by atoms with E-state index in [0.29, 0.717) is 29.7 Å². The number of nitrogens with zero attached hydrogens (tertiary/aromatic N) is 1. The minimum Gasteiger partial charge on any atom is -0.490 e. The summed E-state index contributed by atoms with van der Waals surface area (Å²) in [7, 11) is 0. The first kappa shape index (κ1) is 20.9. The first-order chi connectivity index (χ1) is 13.8. The molecule has 0 bridgehead atoms. The van der Waals surface area contributed by atoms with Gasteiger partial charge in [0.15, 0.2) is 11.5 Å². The molecule has 1 fully saturated rings. The number of piperazine rings is 1. The van der Waals surface area contributed by atoms with Crippen LogP contribution in [0.25, 0.3) is 0 Å². The smallest absolute Gasteiger partial charge is 0.180 e. The first-order valence-corrected chi connectivity index (χ1v) is 10.4. The molecule has 2 aromatic rings. The van der Waals surface area contributed by atoms with Crippen molar-refractivity contribution in [2.24, 2.45) is 0 Å². The minimum absolute atomic E-state index is 0.461. The van der Waals surface area contributed by atoms with Crippen molar-refractivity contribution in [1.29, 1.82) is 0 Å². The molecule has 28 heavy (non-hydrogen) atoms. The summed E-state index contributed by atoms with van der Waals surface area (Å²) in [5, 5.41) is 7.47. The van der Waals surface area contributed by atoms with Crippen molar-refractivity contribution in [1.82, 2.24) is 15.5 Å². The SMILES string of the molecule is CCOc1cc(CNCCN2CCNCC2)cc(Cl)c1OCc1ccccc1. The highest BCUT2D eigenvalue weighted by atomic mass is 35.5. The summed E-state index contributed by atoms with van der Waals surface area (Å²) in [6.07, 6.45) is 0. The third-order valence-electron chi connectivity index (χ3n) is 4.74. The Hall–Kier alpha value is -1.79. The minimum atomic E-state index is 0.461. The van der Waals surface area contributed by atoms with E-state index in [4.69, 9.17) is 21.1 Å². The average molecular weight is 404 g/mol. The van der Waals surface area contributed by atoms with Crippen LogP contribution in [0.5, 0.6) is 11.5 Å². The average Bonchev–Trinajstić information content (AvgIpc) is 2.72. The van der Waals surface area contributed by atoms with Gasteiger partial charge in [-0.1, -0.05) is 41.9 Å². The van der Waals surface area contributed by atoms with Crippen molar-refractivity contribution in [3.8, 4) is 11.5 Å². The third-order valence-corrected chi connectivity index (χ3v) is 5.02. The summed E-state index contributed by atoms with van der Waals surface area (Å²) in [6.45, 7) is 10.2. The van der Waals surface area contributed by atoms with Crippen LogP contribution in [0.3, 0.4) is 0 Å². The van der Waals surface area contributed by atoms with Gasteiger partial charge in [-0.2, -0.15) is 0 Å². The number of hydrogen-bond donors (Lipinski definition) is 2. The summed E-state index contributed by atoms with van der Waals surface area (Å²) < 4.78 is 11.8. The van der Waals surface area contributed by atoms with Gasteiger partial charge in [0.1, 0.15) is 6.61 Å². The maximum absolute atomic E-state index is 6.52. The molecule has 5 nitrogen and oxygen atoms in total. The quantitative estimate of drug-likeness (QED) is 0.596. The van der Waals surface area contributed by atoms with Crippen LogP contribution in [0.15, 0.2) is 42.5 Å². The van der Waals surface area contributed by atoms with Crippen LogP contribution in [-0.2, 0) is 13.2 Å². The standard InChI is InChI=1S/C22H30ClN3O2/c1-2-27-21-15-19(16-25-10-13-26-11-8-24-9-12-26)14-20(23)22(21)28-17-18-6-4-3-5-7-18/h3-7,14-15,24-25H,2,8-13,16-17H2,1H3. The van der Waals surface area contributed by atoms with Crippen molar-refractivity contribution in [2.45, 2.75) is 20.1 Å². The van der Waals surface area contributed by atoms with Crippen molar-refractivity contribution in [2.75, 3.05) is 45.9 Å². The van der Waals surface area contributed by atoms with Gasteiger partial charge in [0.05, 0.1) is 11.6 Å². The summed E-state index contributed by atoms with van der Waals surface area (Å²) in [4.78, 5) is 2.47. The van der Waals surface area contributed by atoms with Crippen LogP contribution in [0.2, 0.25) is 5.02 Å². The molecule has 1 heterocycles. The molecule has 2 aromatic carbocycles. The highest BCUT2D eigenvalue weighted by Crippen LogP contribution is 2.37. The molecule has 0 aromatic heterocycles. The first-order valence-electron chi connectivity index (χ1n) is 10.0. The fourth-order valence-corrected chi connectivity index (χ4v) is 3.55. The molecule has 2 N–H and O–H groups in total. The zero-order valence-corrected chi connectivity index (χ0v) is 17.3. The van der Waals surface area contributed by atoms with E-state index in [1.807, 2.05) is 49.4 Å². The molecule has 3 rings (SSSR count). The number of nitrogens with one attached hydrogen (secondary N) is 2. The monoisotopic (exact) mass is 403 g/mol. The van der Waals surface area contributed by atoms with Gasteiger partial charge < -0.3 is 20.1 Å². The Kier molecular flexibility index (Phi) is 8.42. The van der Waals surface area contributed by atoms with Crippen LogP contribution >= 0.6 is 11.6 Å². The van der Waals surface area contributed by atoms with Crippen LogP contribution in [0.4, 0.5) is 0 Å². The lowest BCUT2D eigenvalue weighted by Gasteiger charge is -2.27. The summed E-state index contributed by atoms with van der Waals surface area (Å²) in [5.41, 5.74) is 2.19. The second-order valence-corrected chi connectivity index (χ2v) is 7.29. The predicted octanol–water partition coefficient (Wildman–Crippen LogP) is 3.31. The molecular weight excluding hydrogens is 374 g/mol. The molecule has 1 aliphatic rings. The maximum Gasteiger partial charge on any atom is 0.180 e. The number of hydrogen-bond acceptors (Lipinski definition) is 5. The van der Waals surface area contributed by atoms with E-state index in [2.05, 4.69) is 15.5 Å². The van der Waals surface area contributed by atoms with Crippen LogP contribution in [0.1, 0.15) is 18.1 Å². The third kappa shape index (κ3) is 6.38. The fourth-order valence-electron chi connectivity index (χ4n) is 3.26. The molecule has 0 unspecified atom stereocenters. The van der Waals surface area contributed by atoms with E-state index in [9.17, 15) is 0 Å². The predicted molar refractivity (Wildman–Crippen MR) is 114 cm³/mol. The molecule has 0 atom stereocenters. The van der Waals surface area contributed by atoms with Gasteiger partial charge in [0.25, 0.3) is 0 Å². The number of halogens is 1. The molecule has 0 aliphatic carbocycles. The van der Waals surface area contributed by atoms with Gasteiger partial charge in [-0.3, -0.25) is 4.90 Å². The molecule has 6 heteroatoms. The topological polar surface area (TPSA) is 45.8 Å². The molecule has 0 radical (unpaired) electrons. The van der Waals surface area contributed by atoms with Gasteiger partial charge in [0.2, 0.25) is 0 Å². The number of benzene rings is 2. The molecule has 152 valence electrons. The van der Waals surface area contributed by atoms with E-state index in [-0.39, 0.29) is 0 Å². The lowest BCUT2D eigenvalue weighted by atomic mass is 10.2. The van der Waals surface area contributed by atoms with Crippen molar-refractivity contribution in [3.63, 3.8) is 0 Å². The summed E-state index contributed by atoms with van der Waals surface area (Å²) in [6, 6.07) is 14.0. The second kappa shape index (κ2) is 11.3. The Morgan fingerprint density at radius 2 is 1.86 bits per heavy atom. The van der Waals surface area contributed by atoms with E-state index in [1.165, 1.54) is 0 Å². The Labute approximate surface area is 173 Å². The van der Waals surface area contributed by atoms with Crippen LogP contribution in [-0.4, -0.2) is 50.8 Å². The number of ether oxygens (including phenoxy) is 2. The van der Waals surface area contributed by atoms with Gasteiger partial charge in [-0.05, 0) is 30.2 Å². The lowest BCUT2D eigenvalue weighted by molar-refractivity contribution is 0.241. The Morgan fingerprint density at radius 3 is 2.61 bits per heavy atom. The van der Waals surface area contributed by atoms with E-state index < -0.39 is 0 Å². The number of rotatable bonds is 10. The maximum atomic E-state index is 6.52. The molecule has 1 saturated heterocycles. The fraction of sp³-hybridized carbons (Fsp3) is 0.455. The normalized spacial score (nSPS) is 14.8. The van der Waals surface area contributed by atoms with Crippen molar-refractivity contribution in [3.05, 3.63) is 58.6 Å². The van der Waals surface area contributed by atoms with Gasteiger partial charge in [-0.15, -0.1) is 0 Å². The van der Waals surface area contributed by atoms with Gasteiger partial charge in [-0.25, -0.2) is 0 Å². The highest BCUT2D eigenvalue weighted by Gasteiger charge is 2.13. The second-order valence-electron chi connectivity index (χ2n) is 6.88. The summed E-state index contributed by atoms with van der Waals surface area (Å²) >= 11 is 6.52. The Balaban J connectivity index is 1.56. The molecule has 0 amide bonds. The van der Waals surface area contributed by atoms with Gasteiger partial charge in [0, 0.05) is 45.8 Å². The van der Waals surface area contributed by atoms with E-state index in [1.54, 1.807) is 0 Å². The zero-order chi connectivity index (χ0) is 19.6. The van der Waals surface area contributed by atoms with Crippen LogP contribution < -0.4 is 20.1 Å².